The van der Waals surface area contributed by atoms with Gasteiger partial charge in [0, 0.05) is 0 Å². The number of imidazole rings is 1. The zero-order valence-corrected chi connectivity index (χ0v) is 10.8. The fourth-order valence-corrected chi connectivity index (χ4v) is 2.39. The van der Waals surface area contributed by atoms with Crippen LogP contribution < -0.4 is 11.4 Å². The van der Waals surface area contributed by atoms with Crippen molar-refractivity contribution in [1.29, 1.82) is 0 Å². The summed E-state index contributed by atoms with van der Waals surface area (Å²) in [4.78, 5) is 34.0. The van der Waals surface area contributed by atoms with Crippen LogP contribution in [0.2, 0.25) is 0 Å². The zero-order chi connectivity index (χ0) is 14.2. The van der Waals surface area contributed by atoms with Gasteiger partial charge in [-0.05, 0) is 31.0 Å². The number of aromatic nitrogens is 2. The number of carbonyl (C=O) groups is 2. The Labute approximate surface area is 109 Å². The van der Waals surface area contributed by atoms with Crippen molar-refractivity contribution in [3.8, 4) is 0 Å². The summed E-state index contributed by atoms with van der Waals surface area (Å²) in [5, 5.41) is 0. The van der Waals surface area contributed by atoms with E-state index in [0.29, 0.717) is 17.3 Å². The smallest absolute Gasteiger partial charge is 0.329 e. The van der Waals surface area contributed by atoms with Gasteiger partial charge >= 0.3 is 5.69 Å². The second kappa shape index (κ2) is 4.72. The molecule has 6 heteroatoms. The average molecular weight is 261 g/mol. The number of aryl methyl sites for hydroxylation is 2. The number of primary amides is 1. The Morgan fingerprint density at radius 1 is 1.32 bits per heavy atom. The van der Waals surface area contributed by atoms with Gasteiger partial charge in [0.2, 0.25) is 5.91 Å². The fraction of sp³-hybridized carbons (Fsp3) is 0.308. The van der Waals surface area contributed by atoms with Crippen molar-refractivity contribution < 1.29 is 9.59 Å². The summed E-state index contributed by atoms with van der Waals surface area (Å²) in [5.74, 6) is -0.591. The van der Waals surface area contributed by atoms with E-state index < -0.39 is 11.6 Å². The molecule has 1 heterocycles. The van der Waals surface area contributed by atoms with E-state index in [1.54, 1.807) is 0 Å². The minimum absolute atomic E-state index is 0.0377. The lowest BCUT2D eigenvalue weighted by atomic mass is 10.1. The molecule has 1 aromatic carbocycles. The van der Waals surface area contributed by atoms with E-state index >= 15 is 0 Å². The third-order valence-electron chi connectivity index (χ3n) is 3.02. The van der Waals surface area contributed by atoms with Gasteiger partial charge in [-0.25, -0.2) is 4.79 Å². The first-order valence-corrected chi connectivity index (χ1v) is 5.88. The molecule has 19 heavy (non-hydrogen) atoms. The van der Waals surface area contributed by atoms with Crippen LogP contribution in [0.1, 0.15) is 11.1 Å². The molecule has 0 spiro atoms. The van der Waals surface area contributed by atoms with E-state index in [-0.39, 0.29) is 13.1 Å². The lowest BCUT2D eigenvalue weighted by Crippen LogP contribution is -2.30. The molecule has 0 atom stereocenters. The summed E-state index contributed by atoms with van der Waals surface area (Å²) in [5.41, 5.74) is 7.93. The van der Waals surface area contributed by atoms with E-state index in [1.165, 1.54) is 9.13 Å². The van der Waals surface area contributed by atoms with Crippen LogP contribution in [0.4, 0.5) is 0 Å². The molecule has 6 nitrogen and oxygen atoms in total. The minimum atomic E-state index is -0.591. The van der Waals surface area contributed by atoms with Gasteiger partial charge in [-0.15, -0.1) is 0 Å². The molecule has 2 N–H and O–H groups in total. The predicted octanol–water partition coefficient (Wildman–Crippen LogP) is 0.104. The molecule has 0 saturated carbocycles. The highest BCUT2D eigenvalue weighted by Crippen LogP contribution is 2.19. The molecule has 0 aliphatic heterocycles. The number of amides is 1. The van der Waals surface area contributed by atoms with Crippen molar-refractivity contribution in [2.75, 3.05) is 0 Å². The van der Waals surface area contributed by atoms with Gasteiger partial charge < -0.3 is 10.5 Å². The molecular weight excluding hydrogens is 246 g/mol. The van der Waals surface area contributed by atoms with Gasteiger partial charge in [-0.3, -0.25) is 13.9 Å². The van der Waals surface area contributed by atoms with Gasteiger partial charge in [-0.2, -0.15) is 0 Å². The Hall–Kier alpha value is -2.37. The molecule has 0 aliphatic rings. The van der Waals surface area contributed by atoms with Gasteiger partial charge in [0.25, 0.3) is 0 Å². The normalized spacial score (nSPS) is 10.8. The van der Waals surface area contributed by atoms with Crippen molar-refractivity contribution in [1.82, 2.24) is 9.13 Å². The maximum atomic E-state index is 12.2. The summed E-state index contributed by atoms with van der Waals surface area (Å²) in [6, 6.07) is 3.75. The highest BCUT2D eigenvalue weighted by Gasteiger charge is 2.16. The van der Waals surface area contributed by atoms with Crippen LogP contribution in [0.15, 0.2) is 16.9 Å². The molecule has 0 saturated heterocycles. The number of nitrogens with two attached hydrogens (primary N) is 1. The Kier molecular flexibility index (Phi) is 3.25. The average Bonchev–Trinajstić information content (AvgIpc) is 2.54. The highest BCUT2D eigenvalue weighted by molar-refractivity contribution is 5.83. The highest BCUT2D eigenvalue weighted by atomic mass is 16.2. The van der Waals surface area contributed by atoms with Crippen LogP contribution >= 0.6 is 0 Å². The maximum absolute atomic E-state index is 12.2. The number of fused-ring (bicyclic) bond motifs is 1. The van der Waals surface area contributed by atoms with Crippen LogP contribution in [-0.2, 0) is 22.7 Å². The molecule has 0 fully saturated rings. The first-order chi connectivity index (χ1) is 8.95. The van der Waals surface area contributed by atoms with Crippen LogP contribution in [0, 0.1) is 13.8 Å². The lowest BCUT2D eigenvalue weighted by molar-refractivity contribution is -0.118. The lowest BCUT2D eigenvalue weighted by Gasteiger charge is -2.04. The van der Waals surface area contributed by atoms with Gasteiger partial charge in [-0.1, -0.05) is 6.07 Å². The number of benzene rings is 1. The SMILES string of the molecule is Cc1cc(C)c2c(c1)n(CC=O)c(=O)n2CC(N)=O. The molecular formula is C13H15N3O3. The molecule has 1 amide bonds. The number of nitrogens with zero attached hydrogens (tertiary/aromatic N) is 2. The summed E-state index contributed by atoms with van der Waals surface area (Å²) < 4.78 is 2.67. The minimum Gasteiger partial charge on any atom is -0.368 e. The third kappa shape index (κ3) is 2.16. The first-order valence-electron chi connectivity index (χ1n) is 5.88. The number of hydrogen-bond donors (Lipinski definition) is 1. The second-order valence-electron chi connectivity index (χ2n) is 4.56. The van der Waals surface area contributed by atoms with Gasteiger partial charge in [0.15, 0.2) is 0 Å². The summed E-state index contributed by atoms with van der Waals surface area (Å²) in [7, 11) is 0. The summed E-state index contributed by atoms with van der Waals surface area (Å²) >= 11 is 0. The van der Waals surface area contributed by atoms with Crippen molar-refractivity contribution in [3.05, 3.63) is 33.7 Å². The van der Waals surface area contributed by atoms with Crippen LogP contribution in [0.5, 0.6) is 0 Å². The summed E-state index contributed by atoms with van der Waals surface area (Å²) in [6.07, 6.45) is 0.660. The predicted molar refractivity (Wildman–Crippen MR) is 70.9 cm³/mol. The zero-order valence-electron chi connectivity index (χ0n) is 10.8. The van der Waals surface area contributed by atoms with Crippen molar-refractivity contribution in [3.63, 3.8) is 0 Å². The molecule has 2 rings (SSSR count). The van der Waals surface area contributed by atoms with Crippen LogP contribution in [0.25, 0.3) is 11.0 Å². The van der Waals surface area contributed by atoms with Gasteiger partial charge in [0.05, 0.1) is 17.6 Å². The monoisotopic (exact) mass is 261 g/mol. The third-order valence-corrected chi connectivity index (χ3v) is 3.02. The Bertz CT molecular complexity index is 725. The number of hydrogen-bond acceptors (Lipinski definition) is 3. The quantitative estimate of drug-likeness (QED) is 0.792. The van der Waals surface area contributed by atoms with E-state index in [1.807, 2.05) is 26.0 Å². The Morgan fingerprint density at radius 3 is 2.58 bits per heavy atom. The number of rotatable bonds is 4. The summed E-state index contributed by atoms with van der Waals surface area (Å²) in [6.45, 7) is 3.54. The molecule has 2 aromatic rings. The maximum Gasteiger partial charge on any atom is 0.329 e. The fourth-order valence-electron chi connectivity index (χ4n) is 2.39. The molecule has 1 aromatic heterocycles. The van der Waals surface area contributed by atoms with E-state index in [0.717, 1.165) is 11.1 Å². The Balaban J connectivity index is 2.87. The van der Waals surface area contributed by atoms with Crippen molar-refractivity contribution in [2.45, 2.75) is 26.9 Å². The Morgan fingerprint density at radius 2 is 2.00 bits per heavy atom. The standard InChI is InChI=1S/C13H15N3O3/c1-8-5-9(2)12-10(6-8)15(3-4-17)13(19)16(12)7-11(14)18/h4-6H,3,7H2,1-2H3,(H2,14,18). The van der Waals surface area contributed by atoms with Gasteiger partial charge in [0.1, 0.15) is 12.8 Å². The molecule has 0 bridgehead atoms. The topological polar surface area (TPSA) is 87.1 Å². The molecule has 0 unspecified atom stereocenters. The second-order valence-corrected chi connectivity index (χ2v) is 4.56. The van der Waals surface area contributed by atoms with Crippen molar-refractivity contribution >= 4 is 23.2 Å². The largest absolute Gasteiger partial charge is 0.368 e. The first kappa shape index (κ1) is 13.1. The van der Waals surface area contributed by atoms with E-state index in [4.69, 9.17) is 5.73 Å². The molecule has 100 valence electrons. The number of aldehydes is 1. The molecule has 0 aliphatic carbocycles. The molecule has 0 radical (unpaired) electrons. The van der Waals surface area contributed by atoms with Crippen LogP contribution in [0.3, 0.4) is 0 Å². The van der Waals surface area contributed by atoms with Crippen molar-refractivity contribution in [2.24, 2.45) is 5.73 Å². The number of carbonyl (C=O) groups excluding carboxylic acids is 2. The van der Waals surface area contributed by atoms with Crippen LogP contribution in [-0.4, -0.2) is 21.3 Å². The van der Waals surface area contributed by atoms with E-state index in [2.05, 4.69) is 0 Å². The van der Waals surface area contributed by atoms with E-state index in [9.17, 15) is 14.4 Å².